The zero-order chi connectivity index (χ0) is 32.1. The van der Waals surface area contributed by atoms with E-state index in [1.807, 2.05) is 38.1 Å². The maximum absolute atomic E-state index is 14.1. The van der Waals surface area contributed by atoms with Crippen LogP contribution in [0, 0.1) is 11.3 Å². The lowest BCUT2D eigenvalue weighted by atomic mass is 9.97. The molecule has 4 aromatic rings. The molecule has 3 aromatic carbocycles. The summed E-state index contributed by atoms with van der Waals surface area (Å²) in [6.45, 7) is 4.86. The van der Waals surface area contributed by atoms with Crippen molar-refractivity contribution in [1.29, 1.82) is 5.26 Å². The van der Waals surface area contributed by atoms with Gasteiger partial charge in [0.1, 0.15) is 12.4 Å². The largest absolute Gasteiger partial charge is 0.490 e. The minimum absolute atomic E-state index is 0.208. The highest BCUT2D eigenvalue weighted by molar-refractivity contribution is 9.11. The minimum Gasteiger partial charge on any atom is -0.490 e. The van der Waals surface area contributed by atoms with Gasteiger partial charge in [-0.3, -0.25) is 9.36 Å². The molecule has 0 aliphatic carbocycles. The monoisotopic (exact) mass is 751 g/mol. The molecule has 0 bridgehead atoms. The highest BCUT2D eigenvalue weighted by atomic mass is 79.9. The van der Waals surface area contributed by atoms with Gasteiger partial charge in [-0.15, -0.1) is 0 Å². The van der Waals surface area contributed by atoms with Crippen LogP contribution in [-0.2, 0) is 16.1 Å². The van der Waals surface area contributed by atoms with E-state index in [0.29, 0.717) is 61.0 Å². The van der Waals surface area contributed by atoms with E-state index >= 15 is 0 Å². The summed E-state index contributed by atoms with van der Waals surface area (Å²) in [5.41, 5.74) is 2.61. The number of hydrogen-bond acceptors (Lipinski definition) is 9. The Bertz CT molecular complexity index is 2010. The van der Waals surface area contributed by atoms with Crippen LogP contribution in [0.4, 0.5) is 0 Å². The molecule has 0 fully saturated rings. The summed E-state index contributed by atoms with van der Waals surface area (Å²) in [5, 5.41) is 9.09. The van der Waals surface area contributed by atoms with Crippen LogP contribution in [0.15, 0.2) is 85.1 Å². The van der Waals surface area contributed by atoms with Gasteiger partial charge in [0, 0.05) is 16.2 Å². The molecule has 1 atom stereocenters. The molecule has 9 nitrogen and oxygen atoms in total. The Morgan fingerprint density at radius 3 is 2.47 bits per heavy atom. The van der Waals surface area contributed by atoms with Crippen molar-refractivity contribution in [2.75, 3.05) is 20.3 Å². The van der Waals surface area contributed by atoms with E-state index < -0.39 is 12.0 Å². The van der Waals surface area contributed by atoms with Crippen molar-refractivity contribution in [3.8, 4) is 23.3 Å². The van der Waals surface area contributed by atoms with Crippen molar-refractivity contribution in [3.63, 3.8) is 0 Å². The van der Waals surface area contributed by atoms with Gasteiger partial charge in [-0.05, 0) is 83.4 Å². The van der Waals surface area contributed by atoms with Gasteiger partial charge < -0.3 is 18.9 Å². The summed E-state index contributed by atoms with van der Waals surface area (Å²) < 4.78 is 26.2. The van der Waals surface area contributed by atoms with Crippen LogP contribution in [-0.4, -0.2) is 30.9 Å². The number of esters is 1. The van der Waals surface area contributed by atoms with Crippen LogP contribution < -0.4 is 29.1 Å². The highest BCUT2D eigenvalue weighted by Crippen LogP contribution is 2.36. The Kier molecular flexibility index (Phi) is 10.2. The summed E-state index contributed by atoms with van der Waals surface area (Å²) in [6, 6.07) is 17.5. The van der Waals surface area contributed by atoms with Crippen LogP contribution in [0.1, 0.15) is 42.1 Å². The molecule has 0 saturated carbocycles. The number of methoxy groups -OCH3 is 1. The van der Waals surface area contributed by atoms with Gasteiger partial charge in [-0.25, -0.2) is 9.79 Å². The van der Waals surface area contributed by atoms with Crippen molar-refractivity contribution in [2.24, 2.45) is 4.99 Å². The minimum atomic E-state index is -0.813. The quantitative estimate of drug-likeness (QED) is 0.189. The lowest BCUT2D eigenvalue weighted by Gasteiger charge is -2.23. The molecular weight excluding hydrogens is 726 g/mol. The molecule has 0 unspecified atom stereocenters. The van der Waals surface area contributed by atoms with Crippen molar-refractivity contribution in [3.05, 3.63) is 117 Å². The summed E-state index contributed by atoms with van der Waals surface area (Å²) in [5.74, 6) is 1.00. The van der Waals surface area contributed by atoms with Crippen molar-refractivity contribution in [1.82, 2.24) is 4.57 Å². The SMILES string of the molecule is CCOc1ccc([C@@H]2C(C(=O)OC)=CN=c3s/c(=C/c4cc(Br)cc(Br)c4OCc4ccc(C#N)cc4)c(=O)n32)cc1OCC. The second kappa shape index (κ2) is 14.3. The Balaban J connectivity index is 1.61. The number of benzene rings is 3. The molecule has 45 heavy (non-hydrogen) atoms. The summed E-state index contributed by atoms with van der Waals surface area (Å²) in [7, 11) is 1.29. The third kappa shape index (κ3) is 6.91. The van der Waals surface area contributed by atoms with Crippen LogP contribution in [0.5, 0.6) is 17.2 Å². The molecular formula is C33H27Br2N3O6S. The molecule has 0 spiro atoms. The van der Waals surface area contributed by atoms with E-state index in [0.717, 1.165) is 10.0 Å². The maximum Gasteiger partial charge on any atom is 0.337 e. The number of ether oxygens (including phenoxy) is 4. The number of carbonyl (C=O) groups is 1. The van der Waals surface area contributed by atoms with Crippen LogP contribution in [0.2, 0.25) is 0 Å². The van der Waals surface area contributed by atoms with Crippen LogP contribution in [0.25, 0.3) is 6.08 Å². The fourth-order valence-electron chi connectivity index (χ4n) is 4.80. The second-order valence-corrected chi connectivity index (χ2v) is 12.4. The fourth-order valence-corrected chi connectivity index (χ4v) is 7.13. The lowest BCUT2D eigenvalue weighted by molar-refractivity contribution is -0.136. The number of aromatic nitrogens is 1. The third-order valence-corrected chi connectivity index (χ3v) is 8.84. The molecule has 0 amide bonds. The molecule has 1 aliphatic rings. The molecule has 0 radical (unpaired) electrons. The van der Waals surface area contributed by atoms with Crippen molar-refractivity contribution < 1.29 is 23.7 Å². The van der Waals surface area contributed by atoms with Gasteiger partial charge >= 0.3 is 5.97 Å². The third-order valence-electron chi connectivity index (χ3n) is 6.80. The molecule has 2 heterocycles. The fraction of sp³-hybridized carbons (Fsp3) is 0.212. The number of nitriles is 1. The van der Waals surface area contributed by atoms with Gasteiger partial charge in [0.15, 0.2) is 16.3 Å². The van der Waals surface area contributed by atoms with Gasteiger partial charge in [-0.2, -0.15) is 5.26 Å². The zero-order valence-electron chi connectivity index (χ0n) is 24.5. The predicted molar refractivity (Wildman–Crippen MR) is 177 cm³/mol. The Morgan fingerprint density at radius 1 is 1.04 bits per heavy atom. The average Bonchev–Trinajstić information content (AvgIpc) is 3.35. The first-order valence-electron chi connectivity index (χ1n) is 13.9. The summed E-state index contributed by atoms with van der Waals surface area (Å²) in [4.78, 5) is 31.9. The Hall–Kier alpha value is -4.18. The van der Waals surface area contributed by atoms with E-state index in [1.165, 1.54) is 29.2 Å². The first kappa shape index (κ1) is 32.2. The molecule has 12 heteroatoms. The van der Waals surface area contributed by atoms with Crippen molar-refractivity contribution in [2.45, 2.75) is 26.5 Å². The second-order valence-electron chi connectivity index (χ2n) is 9.65. The van der Waals surface area contributed by atoms with Crippen molar-refractivity contribution >= 4 is 55.2 Å². The number of thiazole rings is 1. The van der Waals surface area contributed by atoms with Gasteiger partial charge in [-0.1, -0.05) is 45.5 Å². The maximum atomic E-state index is 14.1. The zero-order valence-corrected chi connectivity index (χ0v) is 28.5. The summed E-state index contributed by atoms with van der Waals surface area (Å²) in [6.07, 6.45) is 3.19. The smallest absolute Gasteiger partial charge is 0.337 e. The lowest BCUT2D eigenvalue weighted by Crippen LogP contribution is -2.39. The predicted octanol–water partition coefficient (Wildman–Crippen LogP) is 5.79. The van der Waals surface area contributed by atoms with E-state index in [1.54, 1.807) is 36.4 Å². The first-order valence-corrected chi connectivity index (χ1v) is 16.3. The van der Waals surface area contributed by atoms with Crippen LogP contribution in [0.3, 0.4) is 0 Å². The Morgan fingerprint density at radius 2 is 1.78 bits per heavy atom. The molecule has 1 aliphatic heterocycles. The van der Waals surface area contributed by atoms with Gasteiger partial charge in [0.05, 0.1) is 52.6 Å². The molecule has 0 saturated heterocycles. The van der Waals surface area contributed by atoms with E-state index in [-0.39, 0.29) is 17.7 Å². The number of hydrogen-bond donors (Lipinski definition) is 0. The average molecular weight is 753 g/mol. The normalized spacial score (nSPS) is 14.1. The van der Waals surface area contributed by atoms with E-state index in [4.69, 9.17) is 24.2 Å². The number of rotatable bonds is 10. The van der Waals surface area contributed by atoms with E-state index in [9.17, 15) is 9.59 Å². The van der Waals surface area contributed by atoms with E-state index in [2.05, 4.69) is 42.9 Å². The molecule has 5 rings (SSSR count). The van der Waals surface area contributed by atoms with Gasteiger partial charge in [0.25, 0.3) is 5.56 Å². The summed E-state index contributed by atoms with van der Waals surface area (Å²) >= 11 is 8.33. The molecule has 1 aromatic heterocycles. The van der Waals surface area contributed by atoms with Crippen LogP contribution >= 0.6 is 43.2 Å². The Labute approximate surface area is 279 Å². The van der Waals surface area contributed by atoms with Gasteiger partial charge in [0.2, 0.25) is 0 Å². The number of carbonyl (C=O) groups excluding carboxylic acids is 1. The highest BCUT2D eigenvalue weighted by Gasteiger charge is 2.31. The number of halogens is 2. The molecule has 230 valence electrons. The first-order chi connectivity index (χ1) is 21.8. The number of fused-ring (bicyclic) bond motifs is 1. The molecule has 0 N–H and O–H groups in total. The standard InChI is InChI=1S/C33H27Br2N3O6S/c1-4-42-26-11-10-21(13-27(26)43-5-2)29-24(32(40)41-3)17-37-33-38(29)31(39)28(45-33)14-22-12-23(34)15-25(35)30(22)44-18-20-8-6-19(16-36)7-9-20/h6-15,17,29H,4-5,18H2,1-3H3/b28-14+/t29-/m1/s1. The topological polar surface area (TPSA) is 112 Å². The number of nitrogens with zero attached hydrogens (tertiary/aromatic N) is 3.